The van der Waals surface area contributed by atoms with E-state index in [4.69, 9.17) is 11.6 Å². The summed E-state index contributed by atoms with van der Waals surface area (Å²) in [6.45, 7) is 0. The highest BCUT2D eigenvalue weighted by molar-refractivity contribution is 6.30. The topological polar surface area (TPSA) is 17.1 Å². The molecular formula is C11H8ClFO. The predicted molar refractivity (Wildman–Crippen MR) is 53.6 cm³/mol. The summed E-state index contributed by atoms with van der Waals surface area (Å²) in [6.07, 6.45) is 1.74. The molecule has 0 fully saturated rings. The highest BCUT2D eigenvalue weighted by Crippen LogP contribution is 2.15. The Morgan fingerprint density at radius 3 is 2.93 bits per heavy atom. The van der Waals surface area contributed by atoms with E-state index in [1.54, 1.807) is 6.07 Å². The Hall–Kier alpha value is -1.33. The van der Waals surface area contributed by atoms with Gasteiger partial charge in [0.1, 0.15) is 12.1 Å². The second kappa shape index (κ2) is 5.41. The molecule has 0 heterocycles. The van der Waals surface area contributed by atoms with E-state index in [0.717, 1.165) is 6.29 Å². The number of carbonyl (C=O) groups is 1. The number of unbranched alkanes of at least 4 members (excludes halogenated alkanes) is 1. The van der Waals surface area contributed by atoms with Gasteiger partial charge >= 0.3 is 0 Å². The molecule has 3 heteroatoms. The average Bonchev–Trinajstić information content (AvgIpc) is 2.18. The quantitative estimate of drug-likeness (QED) is 0.417. The second-order valence-electron chi connectivity index (χ2n) is 2.64. The minimum absolute atomic E-state index is 0.0622. The van der Waals surface area contributed by atoms with Crippen LogP contribution in [0, 0.1) is 17.7 Å². The summed E-state index contributed by atoms with van der Waals surface area (Å²) in [7, 11) is 0. The maximum absolute atomic E-state index is 12.7. The SMILES string of the molecule is O=CCCC#Cc1ccc(F)c(Cl)c1. The zero-order valence-electron chi connectivity index (χ0n) is 7.39. The van der Waals surface area contributed by atoms with E-state index < -0.39 is 5.82 Å². The van der Waals surface area contributed by atoms with E-state index in [-0.39, 0.29) is 5.02 Å². The van der Waals surface area contributed by atoms with Gasteiger partial charge in [-0.25, -0.2) is 4.39 Å². The lowest BCUT2D eigenvalue weighted by molar-refractivity contribution is -0.107. The van der Waals surface area contributed by atoms with Gasteiger partial charge in [0, 0.05) is 18.4 Å². The van der Waals surface area contributed by atoms with Gasteiger partial charge in [0.15, 0.2) is 0 Å². The van der Waals surface area contributed by atoms with Crippen LogP contribution in [0.2, 0.25) is 5.02 Å². The van der Waals surface area contributed by atoms with E-state index in [1.807, 2.05) is 0 Å². The van der Waals surface area contributed by atoms with Gasteiger partial charge in [0.2, 0.25) is 0 Å². The minimum atomic E-state index is -0.454. The Kier molecular flexibility index (Phi) is 4.15. The van der Waals surface area contributed by atoms with E-state index in [1.165, 1.54) is 12.1 Å². The van der Waals surface area contributed by atoms with Crippen LogP contribution in [0.4, 0.5) is 4.39 Å². The van der Waals surface area contributed by atoms with Crippen molar-refractivity contribution in [2.24, 2.45) is 0 Å². The summed E-state index contributed by atoms with van der Waals surface area (Å²) in [5.74, 6) is 5.12. The smallest absolute Gasteiger partial charge is 0.141 e. The third kappa shape index (κ3) is 3.20. The second-order valence-corrected chi connectivity index (χ2v) is 3.04. The summed E-state index contributed by atoms with van der Waals surface area (Å²) < 4.78 is 12.7. The fraction of sp³-hybridized carbons (Fsp3) is 0.182. The Morgan fingerprint density at radius 2 is 2.29 bits per heavy atom. The molecule has 14 heavy (non-hydrogen) atoms. The van der Waals surface area contributed by atoms with Crippen LogP contribution in [0.25, 0.3) is 0 Å². The van der Waals surface area contributed by atoms with Gasteiger partial charge in [-0.05, 0) is 18.2 Å². The first-order valence-corrected chi connectivity index (χ1v) is 4.49. The number of benzene rings is 1. The molecule has 0 unspecified atom stereocenters. The lowest BCUT2D eigenvalue weighted by atomic mass is 10.2. The standard InChI is InChI=1S/C11H8ClFO/c12-10-8-9(5-6-11(10)13)4-2-1-3-7-14/h5-8H,1,3H2. The first-order valence-electron chi connectivity index (χ1n) is 4.11. The summed E-state index contributed by atoms with van der Waals surface area (Å²) in [4.78, 5) is 9.98. The van der Waals surface area contributed by atoms with Crippen molar-refractivity contribution in [1.82, 2.24) is 0 Å². The first kappa shape index (κ1) is 10.7. The van der Waals surface area contributed by atoms with Crippen molar-refractivity contribution in [3.63, 3.8) is 0 Å². The molecule has 1 nitrogen and oxygen atoms in total. The molecule has 0 atom stereocenters. The van der Waals surface area contributed by atoms with Crippen LogP contribution >= 0.6 is 11.6 Å². The third-order valence-electron chi connectivity index (χ3n) is 1.54. The van der Waals surface area contributed by atoms with Crippen LogP contribution in [0.1, 0.15) is 18.4 Å². The Labute approximate surface area is 86.9 Å². The lowest BCUT2D eigenvalue weighted by Gasteiger charge is -1.93. The fourth-order valence-corrected chi connectivity index (χ4v) is 1.05. The zero-order valence-corrected chi connectivity index (χ0v) is 8.14. The summed E-state index contributed by atoms with van der Waals surface area (Å²) in [5.41, 5.74) is 0.655. The molecule has 0 N–H and O–H groups in total. The fourth-order valence-electron chi connectivity index (χ4n) is 0.870. The highest BCUT2D eigenvalue weighted by Gasteiger charge is 1.97. The van der Waals surface area contributed by atoms with Crippen LogP contribution in [0.15, 0.2) is 18.2 Å². The van der Waals surface area contributed by atoms with E-state index in [0.29, 0.717) is 18.4 Å². The first-order chi connectivity index (χ1) is 6.74. The molecule has 0 radical (unpaired) electrons. The maximum atomic E-state index is 12.7. The van der Waals surface area contributed by atoms with Gasteiger partial charge in [-0.2, -0.15) is 0 Å². The number of hydrogen-bond acceptors (Lipinski definition) is 1. The van der Waals surface area contributed by atoms with Gasteiger partial charge in [-0.3, -0.25) is 0 Å². The van der Waals surface area contributed by atoms with Crippen LogP contribution in [0.3, 0.4) is 0 Å². The summed E-state index contributed by atoms with van der Waals surface area (Å²) >= 11 is 5.55. The van der Waals surface area contributed by atoms with Gasteiger partial charge < -0.3 is 4.79 Å². The lowest BCUT2D eigenvalue weighted by Crippen LogP contribution is -1.79. The molecule has 0 saturated heterocycles. The molecule has 0 aromatic heterocycles. The molecule has 1 aromatic rings. The summed E-state index contributed by atoms with van der Waals surface area (Å²) in [5, 5.41) is 0.0622. The number of halogens is 2. The zero-order chi connectivity index (χ0) is 10.4. The molecule has 0 aliphatic rings. The number of aldehydes is 1. The molecule has 0 saturated carbocycles. The van der Waals surface area contributed by atoms with Crippen molar-refractivity contribution in [2.75, 3.05) is 0 Å². The average molecular weight is 211 g/mol. The minimum Gasteiger partial charge on any atom is -0.303 e. The maximum Gasteiger partial charge on any atom is 0.141 e. The molecule has 1 aromatic carbocycles. The molecule has 0 spiro atoms. The van der Waals surface area contributed by atoms with Gasteiger partial charge in [-0.1, -0.05) is 23.4 Å². The van der Waals surface area contributed by atoms with Gasteiger partial charge in [-0.15, -0.1) is 0 Å². The van der Waals surface area contributed by atoms with Crippen LogP contribution in [-0.2, 0) is 4.79 Å². The van der Waals surface area contributed by atoms with E-state index in [9.17, 15) is 9.18 Å². The largest absolute Gasteiger partial charge is 0.303 e. The predicted octanol–water partition coefficient (Wildman–Crippen LogP) is 2.81. The van der Waals surface area contributed by atoms with Crippen molar-refractivity contribution in [3.8, 4) is 11.8 Å². The van der Waals surface area contributed by atoms with Crippen molar-refractivity contribution in [1.29, 1.82) is 0 Å². The van der Waals surface area contributed by atoms with Gasteiger partial charge in [0.25, 0.3) is 0 Å². The molecule has 0 amide bonds. The Morgan fingerprint density at radius 1 is 1.50 bits per heavy atom. The van der Waals surface area contributed by atoms with Crippen LogP contribution < -0.4 is 0 Å². The van der Waals surface area contributed by atoms with Crippen molar-refractivity contribution < 1.29 is 9.18 Å². The van der Waals surface area contributed by atoms with Gasteiger partial charge in [0.05, 0.1) is 5.02 Å². The molecule has 0 aliphatic carbocycles. The van der Waals surface area contributed by atoms with E-state index in [2.05, 4.69) is 11.8 Å². The van der Waals surface area contributed by atoms with Crippen molar-refractivity contribution >= 4 is 17.9 Å². The van der Waals surface area contributed by atoms with Crippen molar-refractivity contribution in [2.45, 2.75) is 12.8 Å². The number of carbonyl (C=O) groups excluding carboxylic acids is 1. The highest BCUT2D eigenvalue weighted by atomic mass is 35.5. The summed E-state index contributed by atoms with van der Waals surface area (Å²) in [6, 6.07) is 4.28. The normalized spacial score (nSPS) is 9.00. The molecule has 0 bridgehead atoms. The Balaban J connectivity index is 2.70. The molecule has 1 rings (SSSR count). The molecule has 0 aliphatic heterocycles. The van der Waals surface area contributed by atoms with Crippen molar-refractivity contribution in [3.05, 3.63) is 34.6 Å². The third-order valence-corrected chi connectivity index (χ3v) is 1.83. The van der Waals surface area contributed by atoms with Crippen LogP contribution in [0.5, 0.6) is 0 Å². The van der Waals surface area contributed by atoms with E-state index >= 15 is 0 Å². The van der Waals surface area contributed by atoms with Crippen LogP contribution in [-0.4, -0.2) is 6.29 Å². The number of rotatable bonds is 2. The molecule has 72 valence electrons. The Bertz CT molecular complexity index is 390. The number of hydrogen-bond donors (Lipinski definition) is 0. The molecular weight excluding hydrogens is 203 g/mol. The monoisotopic (exact) mass is 210 g/mol.